The van der Waals surface area contributed by atoms with Gasteiger partial charge in [0, 0.05) is 35.7 Å². The van der Waals surface area contributed by atoms with E-state index in [1.807, 2.05) is 36.4 Å². The van der Waals surface area contributed by atoms with Gasteiger partial charge in [0.1, 0.15) is 0 Å². The lowest BCUT2D eigenvalue weighted by Gasteiger charge is -2.05. The number of carbonyl (C=O) groups excluding carboxylic acids is 2. The Labute approximate surface area is 193 Å². The highest BCUT2D eigenvalue weighted by atomic mass is 16.2. The third-order valence-corrected chi connectivity index (χ3v) is 4.91. The highest BCUT2D eigenvalue weighted by Gasteiger charge is 2.14. The number of pyridine rings is 2. The van der Waals surface area contributed by atoms with Crippen LogP contribution in [0.25, 0.3) is 22.8 Å². The standard InChI is InChI=1S/C24H18N8O2/c33-23(27-21-13-19(29-31-21)17-8-1-3-10-25-17)15-6-5-7-16(12-15)24(34)28-22-14-20(30-32-22)18-9-2-4-11-26-18/h1-14H,(H2,27,29,31,33)(H2,28,30,32,34). The zero-order valence-electron chi connectivity index (χ0n) is 17.7. The molecule has 1 aromatic carbocycles. The number of nitrogens with zero attached hydrogens (tertiary/aromatic N) is 4. The average molecular weight is 450 g/mol. The largest absolute Gasteiger partial charge is 0.305 e. The monoisotopic (exact) mass is 450 g/mol. The Hall–Kier alpha value is -5.12. The molecule has 10 heteroatoms. The first-order valence-corrected chi connectivity index (χ1v) is 10.3. The number of benzene rings is 1. The zero-order valence-corrected chi connectivity index (χ0v) is 17.7. The van der Waals surface area contributed by atoms with E-state index in [1.165, 1.54) is 6.07 Å². The second-order valence-electron chi connectivity index (χ2n) is 7.25. The van der Waals surface area contributed by atoms with Crippen LogP contribution in [0.5, 0.6) is 0 Å². The fraction of sp³-hybridized carbons (Fsp3) is 0. The summed E-state index contributed by atoms with van der Waals surface area (Å²) in [7, 11) is 0. The molecule has 0 fully saturated rings. The molecule has 0 spiro atoms. The summed E-state index contributed by atoms with van der Waals surface area (Å²) in [4.78, 5) is 33.9. The van der Waals surface area contributed by atoms with Crippen LogP contribution in [0.4, 0.5) is 11.6 Å². The Bertz CT molecular complexity index is 1340. The van der Waals surface area contributed by atoms with Gasteiger partial charge in [0.2, 0.25) is 0 Å². The van der Waals surface area contributed by atoms with E-state index in [0.717, 1.165) is 0 Å². The lowest BCUT2D eigenvalue weighted by Crippen LogP contribution is -2.15. The van der Waals surface area contributed by atoms with Crippen LogP contribution in [0, 0.1) is 0 Å². The van der Waals surface area contributed by atoms with Crippen LogP contribution >= 0.6 is 0 Å². The van der Waals surface area contributed by atoms with Crippen LogP contribution in [-0.4, -0.2) is 42.2 Å². The van der Waals surface area contributed by atoms with Crippen molar-refractivity contribution in [3.63, 3.8) is 0 Å². The summed E-state index contributed by atoms with van der Waals surface area (Å²) in [6.07, 6.45) is 3.35. The van der Waals surface area contributed by atoms with E-state index in [2.05, 4.69) is 41.0 Å². The molecule has 4 heterocycles. The second kappa shape index (κ2) is 9.17. The maximum Gasteiger partial charge on any atom is 0.256 e. The zero-order chi connectivity index (χ0) is 23.3. The van der Waals surface area contributed by atoms with Gasteiger partial charge in [0.05, 0.1) is 22.8 Å². The number of carbonyl (C=O) groups is 2. The number of H-pyrrole nitrogens is 2. The molecule has 2 amide bonds. The lowest BCUT2D eigenvalue weighted by atomic mass is 10.1. The maximum atomic E-state index is 12.7. The molecule has 0 saturated carbocycles. The molecule has 0 bridgehead atoms. The van der Waals surface area contributed by atoms with Gasteiger partial charge in [-0.05, 0) is 42.5 Å². The van der Waals surface area contributed by atoms with Crippen LogP contribution in [0.2, 0.25) is 0 Å². The van der Waals surface area contributed by atoms with Crippen LogP contribution in [0.1, 0.15) is 20.7 Å². The minimum Gasteiger partial charge on any atom is -0.305 e. The number of aromatic amines is 2. The number of anilines is 2. The molecule has 5 rings (SSSR count). The maximum absolute atomic E-state index is 12.7. The summed E-state index contributed by atoms with van der Waals surface area (Å²) >= 11 is 0. The van der Waals surface area contributed by atoms with Gasteiger partial charge in [0.15, 0.2) is 11.6 Å². The molecule has 34 heavy (non-hydrogen) atoms. The summed E-state index contributed by atoms with van der Waals surface area (Å²) in [5.74, 6) is -0.102. The second-order valence-corrected chi connectivity index (χ2v) is 7.25. The Balaban J connectivity index is 1.26. The molecule has 0 aliphatic rings. The summed E-state index contributed by atoms with van der Waals surface area (Å²) < 4.78 is 0. The number of hydrogen-bond acceptors (Lipinski definition) is 6. The summed E-state index contributed by atoms with van der Waals surface area (Å²) in [5, 5.41) is 19.3. The van der Waals surface area contributed by atoms with Crippen molar-refractivity contribution in [3.05, 3.63) is 96.3 Å². The van der Waals surface area contributed by atoms with E-state index < -0.39 is 11.8 Å². The first kappa shape index (κ1) is 20.8. The van der Waals surface area contributed by atoms with Crippen LogP contribution in [-0.2, 0) is 0 Å². The quantitative estimate of drug-likeness (QED) is 0.310. The minimum atomic E-state index is -0.397. The molecular formula is C24H18N8O2. The van der Waals surface area contributed by atoms with Crippen LogP contribution < -0.4 is 10.6 Å². The van der Waals surface area contributed by atoms with E-state index >= 15 is 0 Å². The van der Waals surface area contributed by atoms with Crippen LogP contribution in [0.3, 0.4) is 0 Å². The fourth-order valence-electron chi connectivity index (χ4n) is 3.26. The predicted molar refractivity (Wildman–Crippen MR) is 126 cm³/mol. The molecule has 4 aromatic heterocycles. The number of rotatable bonds is 6. The van der Waals surface area contributed by atoms with Gasteiger partial charge in [-0.2, -0.15) is 10.2 Å². The van der Waals surface area contributed by atoms with Crippen molar-refractivity contribution in [2.24, 2.45) is 0 Å². The highest BCUT2D eigenvalue weighted by Crippen LogP contribution is 2.19. The van der Waals surface area contributed by atoms with E-state index in [1.54, 1.807) is 42.7 Å². The van der Waals surface area contributed by atoms with E-state index in [4.69, 9.17) is 0 Å². The van der Waals surface area contributed by atoms with Gasteiger partial charge in [-0.25, -0.2) is 0 Å². The number of nitrogens with one attached hydrogen (secondary N) is 4. The van der Waals surface area contributed by atoms with Gasteiger partial charge in [-0.15, -0.1) is 0 Å². The molecule has 166 valence electrons. The van der Waals surface area contributed by atoms with Crippen molar-refractivity contribution in [1.29, 1.82) is 0 Å². The molecule has 0 radical (unpaired) electrons. The van der Waals surface area contributed by atoms with Crippen molar-refractivity contribution in [2.75, 3.05) is 10.6 Å². The van der Waals surface area contributed by atoms with E-state index in [-0.39, 0.29) is 0 Å². The van der Waals surface area contributed by atoms with Crippen molar-refractivity contribution >= 4 is 23.5 Å². The van der Waals surface area contributed by atoms with Gasteiger partial charge in [-0.3, -0.25) is 29.8 Å². The number of hydrogen-bond donors (Lipinski definition) is 4. The molecule has 0 aliphatic heterocycles. The van der Waals surface area contributed by atoms with Gasteiger partial charge in [-0.1, -0.05) is 18.2 Å². The normalized spacial score (nSPS) is 10.6. The fourth-order valence-corrected chi connectivity index (χ4v) is 3.26. The molecule has 0 aliphatic carbocycles. The summed E-state index contributed by atoms with van der Waals surface area (Å²) in [6.45, 7) is 0. The minimum absolute atomic E-state index is 0.311. The van der Waals surface area contributed by atoms with E-state index in [0.29, 0.717) is 45.5 Å². The predicted octanol–water partition coefficient (Wildman–Crippen LogP) is 3.76. The molecule has 0 unspecified atom stereocenters. The summed E-state index contributed by atoms with van der Waals surface area (Å²) in [6, 6.07) is 20.8. The Morgan fingerprint density at radius 2 is 1.12 bits per heavy atom. The average Bonchev–Trinajstić information content (AvgIpc) is 3.55. The van der Waals surface area contributed by atoms with Gasteiger partial charge in [0.25, 0.3) is 11.8 Å². The lowest BCUT2D eigenvalue weighted by molar-refractivity contribution is 0.102. The number of aromatic nitrogens is 6. The molecule has 4 N–H and O–H groups in total. The van der Waals surface area contributed by atoms with Crippen LogP contribution in [0.15, 0.2) is 85.2 Å². The SMILES string of the molecule is O=C(Nc1cc(-c2ccccn2)[nH]n1)c1cccc(C(=O)Nc2cc(-c3ccccn3)[nH]n2)c1. The first-order chi connectivity index (χ1) is 16.7. The Morgan fingerprint density at radius 1 is 0.618 bits per heavy atom. The van der Waals surface area contributed by atoms with Crippen molar-refractivity contribution in [3.8, 4) is 22.8 Å². The van der Waals surface area contributed by atoms with Crippen molar-refractivity contribution in [1.82, 2.24) is 30.4 Å². The Morgan fingerprint density at radius 3 is 1.56 bits per heavy atom. The molecule has 0 saturated heterocycles. The molecule has 0 atom stereocenters. The topological polar surface area (TPSA) is 141 Å². The van der Waals surface area contributed by atoms with E-state index in [9.17, 15) is 9.59 Å². The number of amides is 2. The first-order valence-electron chi connectivity index (χ1n) is 10.3. The smallest absolute Gasteiger partial charge is 0.256 e. The van der Waals surface area contributed by atoms with Gasteiger partial charge >= 0.3 is 0 Å². The van der Waals surface area contributed by atoms with Crippen molar-refractivity contribution in [2.45, 2.75) is 0 Å². The third kappa shape index (κ3) is 4.55. The third-order valence-electron chi connectivity index (χ3n) is 4.91. The summed E-state index contributed by atoms with van der Waals surface area (Å²) in [5.41, 5.74) is 3.39. The van der Waals surface area contributed by atoms with Gasteiger partial charge < -0.3 is 10.6 Å². The molecule has 5 aromatic rings. The highest BCUT2D eigenvalue weighted by molar-refractivity contribution is 6.08. The molecule has 10 nitrogen and oxygen atoms in total. The molecular weight excluding hydrogens is 432 g/mol. The Kier molecular flexibility index (Phi) is 5.60. The van der Waals surface area contributed by atoms with Crippen molar-refractivity contribution < 1.29 is 9.59 Å².